The van der Waals surface area contributed by atoms with Gasteiger partial charge in [0.2, 0.25) is 0 Å². The highest BCUT2D eigenvalue weighted by Crippen LogP contribution is 2.36. The highest BCUT2D eigenvalue weighted by atomic mass is 32.2. The van der Waals surface area contributed by atoms with Crippen LogP contribution in [0.25, 0.3) is 0 Å². The second-order valence-electron chi connectivity index (χ2n) is 4.93. The van der Waals surface area contributed by atoms with E-state index in [1.807, 2.05) is 0 Å². The maximum atomic E-state index is 11.7. The van der Waals surface area contributed by atoms with Gasteiger partial charge in [-0.05, 0) is 19.8 Å². The van der Waals surface area contributed by atoms with Crippen LogP contribution < -0.4 is 4.72 Å². The molecule has 0 spiro atoms. The highest BCUT2D eigenvalue weighted by Gasteiger charge is 2.44. The molecule has 0 bridgehead atoms. The molecule has 2 N–H and O–H groups in total. The molecule has 1 aliphatic rings. The van der Waals surface area contributed by atoms with Crippen LogP contribution in [-0.4, -0.2) is 43.9 Å². The summed E-state index contributed by atoms with van der Waals surface area (Å²) in [6.45, 7) is 1.61. The Morgan fingerprint density at radius 3 is 2.47 bits per heavy atom. The Kier molecular flexibility index (Phi) is 4.16. The summed E-state index contributed by atoms with van der Waals surface area (Å²) in [4.78, 5) is 11.3. The molecule has 0 aromatic rings. The molecule has 1 fully saturated rings. The molecule has 100 valence electrons. The SMILES string of the molecule is CN(C)S(=O)(=O)NC1CCCCC1(C)C(=O)O. The van der Waals surface area contributed by atoms with Crippen LogP contribution in [0.5, 0.6) is 0 Å². The van der Waals surface area contributed by atoms with Crippen LogP contribution in [0.15, 0.2) is 0 Å². The Morgan fingerprint density at radius 2 is 2.00 bits per heavy atom. The zero-order chi connectivity index (χ0) is 13.3. The third-order valence-electron chi connectivity index (χ3n) is 3.47. The van der Waals surface area contributed by atoms with E-state index in [9.17, 15) is 18.3 Å². The number of carboxylic acids is 1. The Balaban J connectivity index is 2.91. The van der Waals surface area contributed by atoms with Crippen molar-refractivity contribution in [1.82, 2.24) is 9.03 Å². The van der Waals surface area contributed by atoms with Crippen molar-refractivity contribution in [2.45, 2.75) is 38.6 Å². The smallest absolute Gasteiger partial charge is 0.310 e. The third-order valence-corrected chi connectivity index (χ3v) is 5.01. The van der Waals surface area contributed by atoms with Gasteiger partial charge in [0.05, 0.1) is 5.41 Å². The summed E-state index contributed by atoms with van der Waals surface area (Å²) >= 11 is 0. The molecule has 0 heterocycles. The van der Waals surface area contributed by atoms with Gasteiger partial charge in [0.25, 0.3) is 10.2 Å². The molecule has 6 nitrogen and oxygen atoms in total. The van der Waals surface area contributed by atoms with E-state index in [0.29, 0.717) is 12.8 Å². The first-order valence-electron chi connectivity index (χ1n) is 5.63. The molecule has 1 saturated carbocycles. The van der Waals surface area contributed by atoms with Crippen molar-refractivity contribution < 1.29 is 18.3 Å². The van der Waals surface area contributed by atoms with Crippen molar-refractivity contribution in [2.24, 2.45) is 5.41 Å². The zero-order valence-electron chi connectivity index (χ0n) is 10.4. The van der Waals surface area contributed by atoms with Gasteiger partial charge in [0, 0.05) is 20.1 Å². The Morgan fingerprint density at radius 1 is 1.41 bits per heavy atom. The van der Waals surface area contributed by atoms with Gasteiger partial charge in [-0.15, -0.1) is 0 Å². The van der Waals surface area contributed by atoms with Crippen molar-refractivity contribution in [3.05, 3.63) is 0 Å². The van der Waals surface area contributed by atoms with E-state index in [2.05, 4.69) is 4.72 Å². The Hall–Kier alpha value is -0.660. The zero-order valence-corrected chi connectivity index (χ0v) is 11.2. The molecule has 7 heteroatoms. The minimum Gasteiger partial charge on any atom is -0.481 e. The molecule has 0 radical (unpaired) electrons. The van der Waals surface area contributed by atoms with Crippen molar-refractivity contribution in [2.75, 3.05) is 14.1 Å². The summed E-state index contributed by atoms with van der Waals surface area (Å²) in [6.07, 6.45) is 2.74. The Labute approximate surface area is 102 Å². The van der Waals surface area contributed by atoms with Crippen LogP contribution in [0.4, 0.5) is 0 Å². The van der Waals surface area contributed by atoms with Crippen LogP contribution in [-0.2, 0) is 15.0 Å². The number of aliphatic carboxylic acids is 1. The number of carbonyl (C=O) groups is 1. The van der Waals surface area contributed by atoms with Crippen LogP contribution in [0.1, 0.15) is 32.6 Å². The standard InChI is InChI=1S/C10H20N2O4S/c1-10(9(13)14)7-5-4-6-8(10)11-17(15,16)12(2)3/h8,11H,4-7H2,1-3H3,(H,13,14). The van der Waals surface area contributed by atoms with Gasteiger partial charge in [0.1, 0.15) is 0 Å². The Bertz CT molecular complexity index is 393. The van der Waals surface area contributed by atoms with E-state index in [-0.39, 0.29) is 0 Å². The van der Waals surface area contributed by atoms with Crippen molar-refractivity contribution in [1.29, 1.82) is 0 Å². The molecule has 0 aromatic heterocycles. The average molecular weight is 264 g/mol. The number of hydrogen-bond donors (Lipinski definition) is 2. The lowest BCUT2D eigenvalue weighted by Gasteiger charge is -2.38. The summed E-state index contributed by atoms with van der Waals surface area (Å²) < 4.78 is 27.0. The number of nitrogens with zero attached hydrogens (tertiary/aromatic N) is 1. The van der Waals surface area contributed by atoms with E-state index >= 15 is 0 Å². The fraction of sp³-hybridized carbons (Fsp3) is 0.900. The predicted molar refractivity (Wildman–Crippen MR) is 63.7 cm³/mol. The molecule has 0 amide bonds. The maximum absolute atomic E-state index is 11.7. The second kappa shape index (κ2) is 4.91. The highest BCUT2D eigenvalue weighted by molar-refractivity contribution is 7.87. The van der Waals surface area contributed by atoms with E-state index in [0.717, 1.165) is 17.1 Å². The first-order valence-corrected chi connectivity index (χ1v) is 7.07. The van der Waals surface area contributed by atoms with Crippen LogP contribution >= 0.6 is 0 Å². The quantitative estimate of drug-likeness (QED) is 0.770. The minimum absolute atomic E-state index is 0.503. The van der Waals surface area contributed by atoms with Crippen molar-refractivity contribution in [3.63, 3.8) is 0 Å². The molecule has 17 heavy (non-hydrogen) atoms. The molecule has 1 aliphatic carbocycles. The van der Waals surface area contributed by atoms with Gasteiger partial charge in [0.15, 0.2) is 0 Å². The van der Waals surface area contributed by atoms with E-state index in [1.54, 1.807) is 6.92 Å². The normalized spacial score (nSPS) is 30.5. The minimum atomic E-state index is -3.58. The number of nitrogens with one attached hydrogen (secondary N) is 1. The maximum Gasteiger partial charge on any atom is 0.310 e. The van der Waals surface area contributed by atoms with E-state index in [4.69, 9.17) is 0 Å². The topological polar surface area (TPSA) is 86.7 Å². The summed E-state index contributed by atoms with van der Waals surface area (Å²) in [5, 5.41) is 9.25. The average Bonchev–Trinajstić information content (AvgIpc) is 2.20. The van der Waals surface area contributed by atoms with Gasteiger partial charge in [-0.3, -0.25) is 4.79 Å². The van der Waals surface area contributed by atoms with E-state index < -0.39 is 27.6 Å². The van der Waals surface area contributed by atoms with Gasteiger partial charge in [-0.2, -0.15) is 17.4 Å². The molecule has 0 aliphatic heterocycles. The third kappa shape index (κ3) is 2.97. The predicted octanol–water partition coefficient (Wildman–Crippen LogP) is 0.416. The van der Waals surface area contributed by atoms with Gasteiger partial charge < -0.3 is 5.11 Å². The fourth-order valence-electron chi connectivity index (χ4n) is 2.06. The summed E-state index contributed by atoms with van der Waals surface area (Å²) in [5.41, 5.74) is -1.01. The van der Waals surface area contributed by atoms with Crippen molar-refractivity contribution in [3.8, 4) is 0 Å². The van der Waals surface area contributed by atoms with Crippen LogP contribution in [0, 0.1) is 5.41 Å². The first kappa shape index (κ1) is 14.4. The van der Waals surface area contributed by atoms with Crippen LogP contribution in [0.2, 0.25) is 0 Å². The number of hydrogen-bond acceptors (Lipinski definition) is 3. The first-order chi connectivity index (χ1) is 7.70. The van der Waals surface area contributed by atoms with Crippen molar-refractivity contribution >= 4 is 16.2 Å². The summed E-state index contributed by atoms with van der Waals surface area (Å²) in [6, 6.07) is -0.541. The second-order valence-corrected chi connectivity index (χ2v) is 6.84. The molecule has 1 rings (SSSR count). The lowest BCUT2D eigenvalue weighted by Crippen LogP contribution is -2.54. The van der Waals surface area contributed by atoms with E-state index in [1.165, 1.54) is 14.1 Å². The number of rotatable bonds is 4. The van der Waals surface area contributed by atoms with Gasteiger partial charge in [-0.1, -0.05) is 12.8 Å². The molecule has 2 unspecified atom stereocenters. The lowest BCUT2D eigenvalue weighted by atomic mass is 9.72. The molecule has 0 aromatic carbocycles. The molecular weight excluding hydrogens is 244 g/mol. The molecule has 0 saturated heterocycles. The monoisotopic (exact) mass is 264 g/mol. The van der Waals surface area contributed by atoms with Gasteiger partial charge in [-0.25, -0.2) is 0 Å². The summed E-state index contributed by atoms with van der Waals surface area (Å²) in [5.74, 6) is -0.941. The van der Waals surface area contributed by atoms with Crippen LogP contribution in [0.3, 0.4) is 0 Å². The lowest BCUT2D eigenvalue weighted by molar-refractivity contribution is -0.151. The molecule has 2 atom stereocenters. The largest absolute Gasteiger partial charge is 0.481 e. The molecular formula is C10H20N2O4S. The fourth-order valence-corrected chi connectivity index (χ4v) is 3.01. The summed E-state index contributed by atoms with van der Waals surface area (Å²) in [7, 11) is -0.743. The van der Waals surface area contributed by atoms with Gasteiger partial charge >= 0.3 is 5.97 Å². The number of carboxylic acid groups (broad SMARTS) is 1.